The van der Waals surface area contributed by atoms with Gasteiger partial charge in [0.05, 0.1) is 18.3 Å². The highest BCUT2D eigenvalue weighted by Gasteiger charge is 2.47. The van der Waals surface area contributed by atoms with Gasteiger partial charge in [-0.25, -0.2) is 0 Å². The number of anilines is 1. The molecule has 2 fully saturated rings. The molecule has 3 atom stereocenters. The van der Waals surface area contributed by atoms with Crippen molar-refractivity contribution in [2.45, 2.75) is 45.1 Å². The molecular weight excluding hydrogens is 396 g/mol. The molecule has 2 aromatic carbocycles. The van der Waals surface area contributed by atoms with Gasteiger partial charge in [0.2, 0.25) is 11.8 Å². The van der Waals surface area contributed by atoms with Crippen molar-refractivity contribution in [3.8, 4) is 0 Å². The Morgan fingerprint density at radius 2 is 1.68 bits per heavy atom. The van der Waals surface area contributed by atoms with Gasteiger partial charge in [-0.05, 0) is 42.7 Å². The van der Waals surface area contributed by atoms with Crippen LogP contribution in [0.25, 0.3) is 10.8 Å². The number of nitrogens with one attached hydrogen (secondary N) is 1. The maximum Gasteiger partial charge on any atom is 0.308 e. The van der Waals surface area contributed by atoms with Gasteiger partial charge in [-0.15, -0.1) is 0 Å². The summed E-state index contributed by atoms with van der Waals surface area (Å²) in [6, 6.07) is 13.3. The summed E-state index contributed by atoms with van der Waals surface area (Å²) in [5.41, 5.74) is 0.613. The van der Waals surface area contributed by atoms with E-state index in [1.54, 1.807) is 6.07 Å². The highest BCUT2D eigenvalue weighted by molar-refractivity contribution is 6.05. The van der Waals surface area contributed by atoms with E-state index >= 15 is 0 Å². The largest absolute Gasteiger partial charge is 0.452 e. The molecule has 1 saturated carbocycles. The van der Waals surface area contributed by atoms with E-state index in [1.807, 2.05) is 36.4 Å². The molecule has 1 saturated heterocycles. The molecule has 3 amide bonds. The second-order valence-electron chi connectivity index (χ2n) is 8.26. The standard InChI is InChI=1S/C24H26N2O5/c1-15(22(28)25-18-11-10-16-6-2-3-7-17(16)14-18)31-21(27)12-13-26-23(29)19-8-4-5-9-20(19)24(26)30/h2-3,6-7,10-11,14-15,19-20H,4-5,8-9,12-13H2,1H3,(H,25,28)/t15-,19-,20+/m0/s1. The minimum atomic E-state index is -0.994. The van der Waals surface area contributed by atoms with E-state index in [0.717, 1.165) is 36.5 Å². The van der Waals surface area contributed by atoms with Crippen LogP contribution in [0.15, 0.2) is 42.5 Å². The minimum absolute atomic E-state index is 0.00249. The second-order valence-corrected chi connectivity index (χ2v) is 8.26. The van der Waals surface area contributed by atoms with Gasteiger partial charge in [-0.3, -0.25) is 24.1 Å². The van der Waals surface area contributed by atoms with Gasteiger partial charge in [-0.2, -0.15) is 0 Å². The first-order valence-electron chi connectivity index (χ1n) is 10.8. The van der Waals surface area contributed by atoms with E-state index in [1.165, 1.54) is 11.8 Å². The van der Waals surface area contributed by atoms with Crippen LogP contribution in [0.4, 0.5) is 5.69 Å². The maximum atomic E-state index is 12.5. The van der Waals surface area contributed by atoms with E-state index in [0.29, 0.717) is 5.69 Å². The summed E-state index contributed by atoms with van der Waals surface area (Å²) >= 11 is 0. The summed E-state index contributed by atoms with van der Waals surface area (Å²) in [6.45, 7) is 1.50. The molecule has 1 aliphatic carbocycles. The molecule has 4 rings (SSSR count). The molecule has 7 heteroatoms. The van der Waals surface area contributed by atoms with Crippen LogP contribution < -0.4 is 5.32 Å². The summed E-state index contributed by atoms with van der Waals surface area (Å²) in [5.74, 6) is -1.87. The highest BCUT2D eigenvalue weighted by atomic mass is 16.5. The Morgan fingerprint density at radius 1 is 1.03 bits per heavy atom. The average Bonchev–Trinajstić information content (AvgIpc) is 3.02. The smallest absolute Gasteiger partial charge is 0.308 e. The molecule has 2 aromatic rings. The summed E-state index contributed by atoms with van der Waals surface area (Å²) in [7, 11) is 0. The van der Waals surface area contributed by atoms with Gasteiger partial charge in [-0.1, -0.05) is 43.2 Å². The predicted molar refractivity (Wildman–Crippen MR) is 115 cm³/mol. The summed E-state index contributed by atoms with van der Waals surface area (Å²) < 4.78 is 5.22. The fourth-order valence-corrected chi connectivity index (χ4v) is 4.48. The predicted octanol–water partition coefficient (Wildman–Crippen LogP) is 3.28. The van der Waals surface area contributed by atoms with Crippen LogP contribution in [-0.2, 0) is 23.9 Å². The number of nitrogens with zero attached hydrogens (tertiary/aromatic N) is 1. The van der Waals surface area contributed by atoms with Gasteiger partial charge in [0.25, 0.3) is 5.91 Å². The number of esters is 1. The molecule has 31 heavy (non-hydrogen) atoms. The first-order valence-corrected chi connectivity index (χ1v) is 10.8. The van der Waals surface area contributed by atoms with Gasteiger partial charge in [0.1, 0.15) is 0 Å². The molecule has 7 nitrogen and oxygen atoms in total. The fraction of sp³-hybridized carbons (Fsp3) is 0.417. The lowest BCUT2D eigenvalue weighted by Crippen LogP contribution is -2.35. The number of amides is 3. The van der Waals surface area contributed by atoms with Crippen LogP contribution in [-0.4, -0.2) is 41.2 Å². The van der Waals surface area contributed by atoms with Crippen molar-refractivity contribution in [3.63, 3.8) is 0 Å². The van der Waals surface area contributed by atoms with Crippen LogP contribution in [0.3, 0.4) is 0 Å². The van der Waals surface area contributed by atoms with E-state index < -0.39 is 18.0 Å². The Kier molecular flexibility index (Phi) is 6.02. The van der Waals surface area contributed by atoms with Gasteiger partial charge in [0, 0.05) is 12.2 Å². The van der Waals surface area contributed by atoms with Gasteiger partial charge < -0.3 is 10.1 Å². The van der Waals surface area contributed by atoms with Crippen LogP contribution in [0.2, 0.25) is 0 Å². The number of hydrogen-bond acceptors (Lipinski definition) is 5. The zero-order chi connectivity index (χ0) is 22.0. The quantitative estimate of drug-likeness (QED) is 0.570. The lowest BCUT2D eigenvalue weighted by Gasteiger charge is -2.19. The topological polar surface area (TPSA) is 92.8 Å². The summed E-state index contributed by atoms with van der Waals surface area (Å²) in [5, 5.41) is 4.80. The Labute approximate surface area is 180 Å². The zero-order valence-corrected chi connectivity index (χ0v) is 17.5. The third kappa shape index (κ3) is 4.45. The second kappa shape index (κ2) is 8.88. The van der Waals surface area contributed by atoms with Crippen molar-refractivity contribution in [3.05, 3.63) is 42.5 Å². The van der Waals surface area contributed by atoms with Gasteiger partial charge in [0.15, 0.2) is 6.10 Å². The maximum absolute atomic E-state index is 12.5. The summed E-state index contributed by atoms with van der Waals surface area (Å²) in [6.07, 6.45) is 2.28. The number of fused-ring (bicyclic) bond motifs is 2. The molecule has 2 aliphatic rings. The molecular formula is C24H26N2O5. The molecule has 162 valence electrons. The first kappa shape index (κ1) is 21.0. The number of ether oxygens (including phenoxy) is 1. The third-order valence-electron chi connectivity index (χ3n) is 6.17. The molecule has 0 unspecified atom stereocenters. The zero-order valence-electron chi connectivity index (χ0n) is 17.5. The number of benzene rings is 2. The van der Waals surface area contributed by atoms with E-state index in [2.05, 4.69) is 5.32 Å². The van der Waals surface area contributed by atoms with Crippen molar-refractivity contribution in [2.75, 3.05) is 11.9 Å². The Balaban J connectivity index is 1.28. The molecule has 0 aromatic heterocycles. The first-order chi connectivity index (χ1) is 14.9. The molecule has 0 bridgehead atoms. The monoisotopic (exact) mass is 422 g/mol. The highest BCUT2D eigenvalue weighted by Crippen LogP contribution is 2.38. The Morgan fingerprint density at radius 3 is 2.35 bits per heavy atom. The number of carbonyl (C=O) groups is 4. The Bertz CT molecular complexity index is 1010. The molecule has 0 spiro atoms. The van der Waals surface area contributed by atoms with E-state index in [4.69, 9.17) is 4.74 Å². The van der Waals surface area contributed by atoms with E-state index in [-0.39, 0.29) is 36.6 Å². The SMILES string of the molecule is C[C@H](OC(=O)CCN1C(=O)[C@H]2CCCC[C@H]2C1=O)C(=O)Nc1ccc2ccccc2c1. The number of hydrogen-bond donors (Lipinski definition) is 1. The van der Waals surface area contributed by atoms with Crippen LogP contribution in [0, 0.1) is 11.8 Å². The number of likely N-dealkylation sites (tertiary alicyclic amines) is 1. The lowest BCUT2D eigenvalue weighted by atomic mass is 9.81. The normalized spacial score (nSPS) is 21.6. The average molecular weight is 422 g/mol. The van der Waals surface area contributed by atoms with Crippen molar-refractivity contribution in [1.82, 2.24) is 4.90 Å². The van der Waals surface area contributed by atoms with Crippen molar-refractivity contribution in [2.24, 2.45) is 11.8 Å². The van der Waals surface area contributed by atoms with Crippen molar-refractivity contribution < 1.29 is 23.9 Å². The van der Waals surface area contributed by atoms with Crippen molar-refractivity contribution in [1.29, 1.82) is 0 Å². The number of rotatable bonds is 6. The molecule has 1 heterocycles. The third-order valence-corrected chi connectivity index (χ3v) is 6.17. The van der Waals surface area contributed by atoms with Gasteiger partial charge >= 0.3 is 5.97 Å². The number of imide groups is 1. The van der Waals surface area contributed by atoms with Crippen LogP contribution in [0.1, 0.15) is 39.0 Å². The fourth-order valence-electron chi connectivity index (χ4n) is 4.48. The van der Waals surface area contributed by atoms with E-state index in [9.17, 15) is 19.2 Å². The molecule has 1 N–H and O–H groups in total. The molecule has 1 aliphatic heterocycles. The molecule has 0 radical (unpaired) electrons. The summed E-state index contributed by atoms with van der Waals surface area (Å²) in [4.78, 5) is 50.8. The van der Waals surface area contributed by atoms with Crippen LogP contribution >= 0.6 is 0 Å². The minimum Gasteiger partial charge on any atom is -0.452 e. The number of carbonyl (C=O) groups excluding carboxylic acids is 4. The lowest BCUT2D eigenvalue weighted by molar-refractivity contribution is -0.154. The Hall–Kier alpha value is -3.22. The van der Waals surface area contributed by atoms with Crippen molar-refractivity contribution >= 4 is 40.2 Å². The van der Waals surface area contributed by atoms with Crippen LogP contribution in [0.5, 0.6) is 0 Å².